The number of benzene rings is 1. The van der Waals surface area contributed by atoms with Gasteiger partial charge in [0.2, 0.25) is 11.8 Å². The number of fused-ring (bicyclic) bond motifs is 2. The average molecular weight is 431 g/mol. The maximum atomic E-state index is 12.8. The van der Waals surface area contributed by atoms with E-state index in [2.05, 4.69) is 15.6 Å². The number of carbonyl (C=O) groups is 4. The summed E-state index contributed by atoms with van der Waals surface area (Å²) >= 11 is 0. The van der Waals surface area contributed by atoms with Gasteiger partial charge in [0, 0.05) is 48.5 Å². The second-order valence-electron chi connectivity index (χ2n) is 7.96. The molecule has 9 nitrogen and oxygen atoms in total. The molecule has 1 saturated heterocycles. The number of rotatable bonds is 4. The average Bonchev–Trinajstić information content (AvgIpc) is 3.34. The summed E-state index contributed by atoms with van der Waals surface area (Å²) in [5, 5.41) is 6.04. The van der Waals surface area contributed by atoms with Gasteiger partial charge in [-0.15, -0.1) is 0 Å². The van der Waals surface area contributed by atoms with Crippen molar-refractivity contribution in [3.8, 4) is 0 Å². The van der Waals surface area contributed by atoms with E-state index in [0.29, 0.717) is 23.2 Å². The van der Waals surface area contributed by atoms with Crippen LogP contribution in [0.1, 0.15) is 46.0 Å². The predicted molar refractivity (Wildman–Crippen MR) is 116 cm³/mol. The molecule has 162 valence electrons. The van der Waals surface area contributed by atoms with E-state index >= 15 is 0 Å². The molecule has 0 aliphatic carbocycles. The number of aromatic nitrogens is 2. The van der Waals surface area contributed by atoms with E-state index in [9.17, 15) is 19.2 Å². The molecule has 2 aliphatic heterocycles. The maximum absolute atomic E-state index is 12.8. The molecule has 32 heavy (non-hydrogen) atoms. The molecule has 0 radical (unpaired) electrons. The first-order chi connectivity index (χ1) is 15.4. The summed E-state index contributed by atoms with van der Waals surface area (Å²) < 4.78 is 2.00. The highest BCUT2D eigenvalue weighted by Gasteiger charge is 2.39. The SMILES string of the molecule is CCn1ccc2cc(C(=O)Nc3ccc4c(c3)CN(C3CCC(=O)NC3=O)C4=O)cnc21. The monoisotopic (exact) mass is 431 g/mol. The van der Waals surface area contributed by atoms with Crippen LogP contribution in [0.2, 0.25) is 0 Å². The molecule has 1 aromatic carbocycles. The van der Waals surface area contributed by atoms with Crippen molar-refractivity contribution in [2.45, 2.75) is 38.9 Å². The Hall–Kier alpha value is -4.01. The molecule has 0 spiro atoms. The Morgan fingerprint density at radius 3 is 2.84 bits per heavy atom. The number of piperidine rings is 1. The Kier molecular flexibility index (Phi) is 4.73. The summed E-state index contributed by atoms with van der Waals surface area (Å²) in [6.45, 7) is 3.08. The molecule has 2 aliphatic rings. The van der Waals surface area contributed by atoms with Crippen molar-refractivity contribution in [1.29, 1.82) is 0 Å². The Balaban J connectivity index is 1.33. The number of nitrogens with one attached hydrogen (secondary N) is 2. The number of anilines is 1. The number of amides is 4. The van der Waals surface area contributed by atoms with E-state index in [1.165, 1.54) is 4.90 Å². The quantitative estimate of drug-likeness (QED) is 0.614. The standard InChI is InChI=1S/C23H21N5O4/c1-2-27-8-7-13-9-14(11-24-20(13)27)21(30)25-16-3-4-17-15(10-16)12-28(23(17)32)18-5-6-19(29)26-22(18)31/h3-4,7-11,18H,2,5-6,12H2,1H3,(H,25,30)(H,26,29,31). The number of hydrogen-bond acceptors (Lipinski definition) is 5. The summed E-state index contributed by atoms with van der Waals surface area (Å²) in [4.78, 5) is 55.0. The van der Waals surface area contributed by atoms with Crippen LogP contribution >= 0.6 is 0 Å². The fourth-order valence-electron chi connectivity index (χ4n) is 4.31. The Bertz CT molecular complexity index is 1290. The van der Waals surface area contributed by atoms with Crippen LogP contribution in [-0.2, 0) is 22.7 Å². The van der Waals surface area contributed by atoms with Crippen molar-refractivity contribution < 1.29 is 19.2 Å². The van der Waals surface area contributed by atoms with E-state index < -0.39 is 11.9 Å². The molecule has 3 aromatic rings. The molecule has 4 amide bonds. The first-order valence-corrected chi connectivity index (χ1v) is 10.5. The van der Waals surface area contributed by atoms with Crippen molar-refractivity contribution >= 4 is 40.3 Å². The zero-order chi connectivity index (χ0) is 22.4. The van der Waals surface area contributed by atoms with E-state index in [0.717, 1.165) is 23.1 Å². The predicted octanol–water partition coefficient (Wildman–Crippen LogP) is 2.07. The van der Waals surface area contributed by atoms with Crippen molar-refractivity contribution in [2.75, 3.05) is 5.32 Å². The van der Waals surface area contributed by atoms with Gasteiger partial charge in [-0.3, -0.25) is 24.5 Å². The van der Waals surface area contributed by atoms with Gasteiger partial charge in [0.05, 0.1) is 5.56 Å². The van der Waals surface area contributed by atoms with Gasteiger partial charge in [-0.1, -0.05) is 0 Å². The van der Waals surface area contributed by atoms with E-state index in [1.54, 1.807) is 30.5 Å². The molecule has 5 rings (SSSR count). The summed E-state index contributed by atoms with van der Waals surface area (Å²) in [5.74, 6) is -1.31. The van der Waals surface area contributed by atoms with Gasteiger partial charge in [-0.25, -0.2) is 4.98 Å². The zero-order valence-electron chi connectivity index (χ0n) is 17.4. The Labute approximate surface area is 183 Å². The number of aryl methyl sites for hydroxylation is 1. The van der Waals surface area contributed by atoms with E-state index in [-0.39, 0.29) is 30.7 Å². The molecule has 0 bridgehead atoms. The fourth-order valence-corrected chi connectivity index (χ4v) is 4.31. The molecule has 1 unspecified atom stereocenters. The highest BCUT2D eigenvalue weighted by Crippen LogP contribution is 2.29. The third-order valence-electron chi connectivity index (χ3n) is 5.99. The lowest BCUT2D eigenvalue weighted by Crippen LogP contribution is -2.52. The molecule has 9 heteroatoms. The van der Waals surface area contributed by atoms with Crippen LogP contribution in [0.5, 0.6) is 0 Å². The minimum atomic E-state index is -0.668. The molecule has 1 atom stereocenters. The van der Waals surface area contributed by atoms with Gasteiger partial charge in [0.25, 0.3) is 11.8 Å². The number of hydrogen-bond donors (Lipinski definition) is 2. The maximum Gasteiger partial charge on any atom is 0.257 e. The largest absolute Gasteiger partial charge is 0.333 e. The molecule has 4 heterocycles. The van der Waals surface area contributed by atoms with Gasteiger partial charge in [0.1, 0.15) is 11.7 Å². The van der Waals surface area contributed by atoms with Crippen LogP contribution in [0.15, 0.2) is 42.7 Å². The lowest BCUT2D eigenvalue weighted by molar-refractivity contribution is -0.136. The zero-order valence-corrected chi connectivity index (χ0v) is 17.4. The third-order valence-corrected chi connectivity index (χ3v) is 5.99. The first-order valence-electron chi connectivity index (χ1n) is 10.5. The van der Waals surface area contributed by atoms with Crippen LogP contribution in [-0.4, -0.2) is 44.1 Å². The second kappa shape index (κ2) is 7.60. The summed E-state index contributed by atoms with van der Waals surface area (Å²) in [6.07, 6.45) is 4.00. The summed E-state index contributed by atoms with van der Waals surface area (Å²) in [7, 11) is 0. The fraction of sp³-hybridized carbons (Fsp3) is 0.261. The van der Waals surface area contributed by atoms with E-state index in [1.807, 2.05) is 23.8 Å². The van der Waals surface area contributed by atoms with Gasteiger partial charge >= 0.3 is 0 Å². The lowest BCUT2D eigenvalue weighted by Gasteiger charge is -2.29. The Morgan fingerprint density at radius 1 is 1.22 bits per heavy atom. The van der Waals surface area contributed by atoms with Crippen molar-refractivity contribution in [2.24, 2.45) is 0 Å². The lowest BCUT2D eigenvalue weighted by atomic mass is 10.0. The molecule has 2 N–H and O–H groups in total. The van der Waals surface area contributed by atoms with Crippen molar-refractivity contribution in [1.82, 2.24) is 19.8 Å². The second-order valence-corrected chi connectivity index (χ2v) is 7.96. The minimum absolute atomic E-state index is 0.206. The molecule has 1 fully saturated rings. The van der Waals surface area contributed by atoms with Crippen molar-refractivity contribution in [3.05, 3.63) is 59.4 Å². The molecular weight excluding hydrogens is 410 g/mol. The van der Waals surface area contributed by atoms with Crippen LogP contribution in [0, 0.1) is 0 Å². The van der Waals surface area contributed by atoms with Crippen LogP contribution in [0.3, 0.4) is 0 Å². The highest BCUT2D eigenvalue weighted by molar-refractivity contribution is 6.07. The van der Waals surface area contributed by atoms with Gasteiger partial charge in [-0.05, 0) is 49.2 Å². The number of carbonyl (C=O) groups excluding carboxylic acids is 4. The van der Waals surface area contributed by atoms with Crippen LogP contribution < -0.4 is 10.6 Å². The van der Waals surface area contributed by atoms with Crippen LogP contribution in [0.4, 0.5) is 5.69 Å². The topological polar surface area (TPSA) is 113 Å². The van der Waals surface area contributed by atoms with Crippen molar-refractivity contribution in [3.63, 3.8) is 0 Å². The molecule has 0 saturated carbocycles. The minimum Gasteiger partial charge on any atom is -0.333 e. The van der Waals surface area contributed by atoms with Gasteiger partial charge < -0.3 is 14.8 Å². The smallest absolute Gasteiger partial charge is 0.257 e. The van der Waals surface area contributed by atoms with Gasteiger partial charge in [0.15, 0.2) is 0 Å². The first kappa shape index (κ1) is 19.9. The summed E-state index contributed by atoms with van der Waals surface area (Å²) in [5.41, 5.74) is 3.04. The highest BCUT2D eigenvalue weighted by atomic mass is 16.2. The normalized spacial score (nSPS) is 18.1. The number of nitrogens with zero attached hydrogens (tertiary/aromatic N) is 3. The van der Waals surface area contributed by atoms with Gasteiger partial charge in [-0.2, -0.15) is 0 Å². The van der Waals surface area contributed by atoms with E-state index in [4.69, 9.17) is 0 Å². The molecular formula is C23H21N5O4. The molecule has 2 aromatic heterocycles. The third kappa shape index (κ3) is 3.31. The number of imide groups is 1. The number of pyridine rings is 1. The van der Waals surface area contributed by atoms with Crippen LogP contribution in [0.25, 0.3) is 11.0 Å². The Morgan fingerprint density at radius 2 is 2.06 bits per heavy atom. The summed E-state index contributed by atoms with van der Waals surface area (Å²) in [6, 6.07) is 8.12.